The molecule has 1 atom stereocenters. The van der Waals surface area contributed by atoms with Crippen molar-refractivity contribution in [2.75, 3.05) is 0 Å². The van der Waals surface area contributed by atoms with Crippen LogP contribution in [-0.4, -0.2) is 0 Å². The van der Waals surface area contributed by atoms with E-state index in [0.717, 1.165) is 12.0 Å². The van der Waals surface area contributed by atoms with Crippen LogP contribution in [0.4, 0.5) is 0 Å². The molecule has 3 aromatic carbocycles. The molecule has 4 rings (SSSR count). The Balaban J connectivity index is 0.000000191. The first-order valence-corrected chi connectivity index (χ1v) is 12.2. The van der Waals surface area contributed by atoms with Gasteiger partial charge in [-0.25, -0.2) is 0 Å². The van der Waals surface area contributed by atoms with E-state index in [2.05, 4.69) is 121 Å². The van der Waals surface area contributed by atoms with Gasteiger partial charge in [0.2, 0.25) is 0 Å². The van der Waals surface area contributed by atoms with Crippen molar-refractivity contribution >= 4 is 21.5 Å². The Morgan fingerprint density at radius 2 is 1.35 bits per heavy atom. The first-order chi connectivity index (χ1) is 16.3. The number of hydrogen-bond donors (Lipinski definition) is 0. The van der Waals surface area contributed by atoms with Gasteiger partial charge in [0.05, 0.1) is 0 Å². The lowest BCUT2D eigenvalue weighted by atomic mass is 9.84. The van der Waals surface area contributed by atoms with E-state index in [1.54, 1.807) is 0 Å². The molecule has 174 valence electrons. The van der Waals surface area contributed by atoms with Crippen molar-refractivity contribution in [3.05, 3.63) is 131 Å². The number of aryl methyl sites for hydroxylation is 2. The van der Waals surface area contributed by atoms with Gasteiger partial charge in [-0.15, -0.1) is 0 Å². The Kier molecular flexibility index (Phi) is 8.29. The zero-order chi connectivity index (χ0) is 24.8. The summed E-state index contributed by atoms with van der Waals surface area (Å²) < 4.78 is 0. The van der Waals surface area contributed by atoms with Crippen molar-refractivity contribution in [1.29, 1.82) is 0 Å². The molecule has 0 fully saturated rings. The third kappa shape index (κ3) is 5.39. The molecule has 0 heteroatoms. The SMILES string of the molecule is C=C1CC(C)C=C/C1=C(C)/C(=C/C=C\C)C(=C)C.Cc1c2ccccc2c(C)c2ccccc12. The molecule has 1 aliphatic carbocycles. The summed E-state index contributed by atoms with van der Waals surface area (Å²) in [5.74, 6) is 0.599. The second kappa shape index (κ2) is 11.2. The Bertz CT molecular complexity index is 1230. The third-order valence-corrected chi connectivity index (χ3v) is 6.73. The minimum Gasteiger partial charge on any atom is -0.0955 e. The van der Waals surface area contributed by atoms with E-state index >= 15 is 0 Å². The van der Waals surface area contributed by atoms with Gasteiger partial charge in [0, 0.05) is 0 Å². The molecular formula is C34H38. The fraction of sp³-hybridized carbons (Fsp3) is 0.235. The lowest BCUT2D eigenvalue weighted by Crippen LogP contribution is -2.03. The summed E-state index contributed by atoms with van der Waals surface area (Å²) in [5.41, 5.74) is 8.85. The number of allylic oxidation sites excluding steroid dienone is 10. The van der Waals surface area contributed by atoms with Gasteiger partial charge in [-0.05, 0) is 102 Å². The molecule has 1 aliphatic rings. The van der Waals surface area contributed by atoms with Gasteiger partial charge in [0.15, 0.2) is 0 Å². The summed E-state index contributed by atoms with van der Waals surface area (Å²) in [5, 5.41) is 5.50. The highest BCUT2D eigenvalue weighted by molar-refractivity contribution is 6.05. The van der Waals surface area contributed by atoms with Crippen LogP contribution in [0, 0.1) is 19.8 Å². The zero-order valence-electron chi connectivity index (χ0n) is 21.7. The molecule has 0 nitrogen and oxygen atoms in total. The molecule has 0 amide bonds. The highest BCUT2D eigenvalue weighted by Crippen LogP contribution is 2.33. The van der Waals surface area contributed by atoms with Crippen molar-refractivity contribution in [3.8, 4) is 0 Å². The first-order valence-electron chi connectivity index (χ1n) is 12.2. The zero-order valence-corrected chi connectivity index (χ0v) is 21.7. The van der Waals surface area contributed by atoms with Gasteiger partial charge >= 0.3 is 0 Å². The maximum Gasteiger partial charge on any atom is -0.0146 e. The number of rotatable bonds is 3. The molecule has 0 bridgehead atoms. The topological polar surface area (TPSA) is 0 Å². The van der Waals surface area contributed by atoms with Gasteiger partial charge in [0.1, 0.15) is 0 Å². The van der Waals surface area contributed by atoms with Crippen molar-refractivity contribution in [1.82, 2.24) is 0 Å². The Morgan fingerprint density at radius 1 is 0.882 bits per heavy atom. The highest BCUT2D eigenvalue weighted by atomic mass is 14.2. The minimum atomic E-state index is 0.599. The van der Waals surface area contributed by atoms with Crippen LogP contribution in [0.25, 0.3) is 21.5 Å². The molecule has 0 spiro atoms. The normalized spacial score (nSPS) is 17.8. The lowest BCUT2D eigenvalue weighted by Gasteiger charge is -2.20. The van der Waals surface area contributed by atoms with Crippen LogP contribution in [-0.2, 0) is 0 Å². The van der Waals surface area contributed by atoms with Crippen LogP contribution in [0.3, 0.4) is 0 Å². The molecular weight excluding hydrogens is 408 g/mol. The van der Waals surface area contributed by atoms with Crippen molar-refractivity contribution in [3.63, 3.8) is 0 Å². The molecule has 0 saturated heterocycles. The first kappa shape index (κ1) is 25.2. The fourth-order valence-corrected chi connectivity index (χ4v) is 4.82. The van der Waals surface area contributed by atoms with Crippen LogP contribution in [0.5, 0.6) is 0 Å². The van der Waals surface area contributed by atoms with E-state index in [-0.39, 0.29) is 0 Å². The second-order valence-electron chi connectivity index (χ2n) is 9.41. The Hall–Kier alpha value is -3.38. The molecule has 0 saturated carbocycles. The summed E-state index contributed by atoms with van der Waals surface area (Å²) in [6, 6.07) is 17.3. The molecule has 0 heterocycles. The maximum atomic E-state index is 4.21. The van der Waals surface area contributed by atoms with Crippen LogP contribution in [0.1, 0.15) is 45.2 Å². The van der Waals surface area contributed by atoms with Crippen molar-refractivity contribution in [2.45, 2.75) is 48.0 Å². The molecule has 1 unspecified atom stereocenters. The molecule has 0 aromatic heterocycles. The predicted octanol–water partition coefficient (Wildman–Crippen LogP) is 10.1. The van der Waals surface area contributed by atoms with E-state index in [4.69, 9.17) is 0 Å². The fourth-order valence-electron chi connectivity index (χ4n) is 4.82. The quantitative estimate of drug-likeness (QED) is 0.277. The Morgan fingerprint density at radius 3 is 1.74 bits per heavy atom. The van der Waals surface area contributed by atoms with Crippen molar-refractivity contribution in [2.24, 2.45) is 5.92 Å². The number of fused-ring (bicyclic) bond motifs is 2. The van der Waals surface area contributed by atoms with Crippen LogP contribution in [0.2, 0.25) is 0 Å². The van der Waals surface area contributed by atoms with Crippen LogP contribution in [0.15, 0.2) is 120 Å². The summed E-state index contributed by atoms with van der Waals surface area (Å²) in [6.07, 6.45) is 11.7. The van der Waals surface area contributed by atoms with Crippen LogP contribution < -0.4 is 0 Å². The largest absolute Gasteiger partial charge is 0.0955 e. The lowest BCUT2D eigenvalue weighted by molar-refractivity contribution is 0.709. The van der Waals surface area contributed by atoms with E-state index in [9.17, 15) is 0 Å². The van der Waals surface area contributed by atoms with Gasteiger partial charge in [0.25, 0.3) is 0 Å². The predicted molar refractivity (Wildman–Crippen MR) is 153 cm³/mol. The number of benzene rings is 3. The van der Waals surface area contributed by atoms with Crippen molar-refractivity contribution < 1.29 is 0 Å². The van der Waals surface area contributed by atoms with E-state index in [0.29, 0.717) is 5.92 Å². The van der Waals surface area contributed by atoms with E-state index < -0.39 is 0 Å². The molecule has 34 heavy (non-hydrogen) atoms. The smallest absolute Gasteiger partial charge is 0.0146 e. The Labute approximate surface area is 206 Å². The second-order valence-corrected chi connectivity index (χ2v) is 9.41. The van der Waals surface area contributed by atoms with Gasteiger partial charge in [-0.3, -0.25) is 0 Å². The summed E-state index contributed by atoms with van der Waals surface area (Å²) in [6.45, 7) is 21.2. The average Bonchev–Trinajstić information content (AvgIpc) is 2.83. The summed E-state index contributed by atoms with van der Waals surface area (Å²) >= 11 is 0. The minimum absolute atomic E-state index is 0.599. The molecule has 0 radical (unpaired) electrons. The maximum absolute atomic E-state index is 4.21. The highest BCUT2D eigenvalue weighted by Gasteiger charge is 2.14. The average molecular weight is 447 g/mol. The van der Waals surface area contributed by atoms with E-state index in [1.807, 2.05) is 13.0 Å². The molecule has 0 aliphatic heterocycles. The van der Waals surface area contributed by atoms with Gasteiger partial charge in [-0.2, -0.15) is 0 Å². The molecule has 3 aromatic rings. The van der Waals surface area contributed by atoms with E-state index in [1.165, 1.54) is 55.0 Å². The third-order valence-electron chi connectivity index (χ3n) is 6.73. The van der Waals surface area contributed by atoms with Gasteiger partial charge < -0.3 is 0 Å². The standard InChI is InChI=1S/C18H24.C16H14/c1-7-8-9-17(13(2)3)16(6)18-11-10-14(4)12-15(18)5;1-11-13-7-3-5-9-15(13)12(2)16-10-6-4-8-14(11)16/h7-11,14H,2,5,12H2,1,3-4,6H3;3-10H,1-2H3/b8-7-,17-9+,18-16-;. The van der Waals surface area contributed by atoms with Crippen LogP contribution >= 0.6 is 0 Å². The summed E-state index contributed by atoms with van der Waals surface area (Å²) in [4.78, 5) is 0. The van der Waals surface area contributed by atoms with Gasteiger partial charge in [-0.1, -0.05) is 105 Å². The number of hydrogen-bond acceptors (Lipinski definition) is 0. The molecule has 0 N–H and O–H groups in total. The monoisotopic (exact) mass is 446 g/mol. The summed E-state index contributed by atoms with van der Waals surface area (Å²) in [7, 11) is 0.